The maximum absolute atomic E-state index is 8.92. The molecular weight excluding hydrogens is 548 g/mol. The van der Waals surface area contributed by atoms with Gasteiger partial charge >= 0.3 is 0 Å². The van der Waals surface area contributed by atoms with Crippen LogP contribution in [-0.4, -0.2) is 29.5 Å². The van der Waals surface area contributed by atoms with Gasteiger partial charge in [-0.2, -0.15) is 31.2 Å². The van der Waals surface area contributed by atoms with Crippen LogP contribution in [-0.2, 0) is 0 Å². The van der Waals surface area contributed by atoms with Crippen LogP contribution in [0, 0.1) is 45.3 Å². The molecule has 6 rings (SSSR count). The minimum absolute atomic E-state index is 0.150. The van der Waals surface area contributed by atoms with Gasteiger partial charge in [-0.05, 0) is 70.8 Å². The van der Waals surface area contributed by atoms with Crippen molar-refractivity contribution >= 4 is 0 Å². The van der Waals surface area contributed by atoms with Crippen molar-refractivity contribution in [3.8, 4) is 24.3 Å². The molecule has 0 spiro atoms. The van der Waals surface area contributed by atoms with E-state index in [0.717, 1.165) is 22.3 Å². The quantitative estimate of drug-likeness (QED) is 0.260. The van der Waals surface area contributed by atoms with Gasteiger partial charge in [0.05, 0.1) is 46.5 Å². The lowest BCUT2D eigenvalue weighted by Gasteiger charge is -2.18. The highest BCUT2D eigenvalue weighted by atomic mass is 15.3. The van der Waals surface area contributed by atoms with Gasteiger partial charge in [-0.3, -0.25) is 0 Å². The molecule has 208 valence electrons. The molecule has 0 fully saturated rings. The van der Waals surface area contributed by atoms with Crippen LogP contribution in [0.3, 0.4) is 0 Å². The first kappa shape index (κ1) is 28.6. The molecule has 0 amide bonds. The summed E-state index contributed by atoms with van der Waals surface area (Å²) in [7, 11) is 0. The summed E-state index contributed by atoms with van der Waals surface area (Å²) in [5, 5.41) is 44.1. The van der Waals surface area contributed by atoms with Gasteiger partial charge in [0, 0.05) is 0 Å². The van der Waals surface area contributed by atoms with Crippen molar-refractivity contribution in [1.29, 1.82) is 21.0 Å². The minimum Gasteiger partial charge on any atom is -0.241 e. The zero-order valence-electron chi connectivity index (χ0n) is 23.2. The Morgan fingerprint density at radius 1 is 0.409 bits per heavy atom. The van der Waals surface area contributed by atoms with Crippen molar-refractivity contribution in [1.82, 2.24) is 29.5 Å². The summed E-state index contributed by atoms with van der Waals surface area (Å²) in [5.41, 5.74) is 6.43. The van der Waals surface area contributed by atoms with Crippen molar-refractivity contribution in [2.45, 2.75) is 12.1 Å². The molecule has 0 radical (unpaired) electrons. The van der Waals surface area contributed by atoms with Crippen LogP contribution in [0.5, 0.6) is 0 Å². The Morgan fingerprint density at radius 3 is 0.841 bits per heavy atom. The fraction of sp³-hybridized carbons (Fsp3) is 0.0588. The van der Waals surface area contributed by atoms with Crippen molar-refractivity contribution in [2.75, 3.05) is 0 Å². The van der Waals surface area contributed by atoms with Gasteiger partial charge in [-0.1, -0.05) is 48.5 Å². The fourth-order valence-corrected chi connectivity index (χ4v) is 4.66. The molecule has 0 N–H and O–H groups in total. The third kappa shape index (κ3) is 6.53. The zero-order valence-corrected chi connectivity index (χ0v) is 23.2. The maximum Gasteiger partial charge on any atom is 0.137 e. The monoisotopic (exact) mass is 570 g/mol. The average Bonchev–Trinajstić information content (AvgIpc) is 3.83. The molecule has 10 nitrogen and oxygen atoms in total. The number of nitrogens with zero attached hydrogens (tertiary/aromatic N) is 10. The van der Waals surface area contributed by atoms with Gasteiger partial charge in [-0.15, -0.1) is 0 Å². The average molecular weight is 571 g/mol. The van der Waals surface area contributed by atoms with Crippen LogP contribution in [0.25, 0.3) is 0 Å². The summed E-state index contributed by atoms with van der Waals surface area (Å²) in [6, 6.07) is 37.6. The second-order valence-corrected chi connectivity index (χ2v) is 9.49. The number of aromatic nitrogens is 6. The van der Waals surface area contributed by atoms with E-state index >= 15 is 0 Å². The van der Waals surface area contributed by atoms with Gasteiger partial charge in [0.2, 0.25) is 0 Å². The molecule has 0 aliphatic rings. The molecule has 6 aromatic rings. The summed E-state index contributed by atoms with van der Waals surface area (Å²) in [4.78, 5) is 8.02. The van der Waals surface area contributed by atoms with Crippen molar-refractivity contribution < 1.29 is 0 Å². The largest absolute Gasteiger partial charge is 0.241 e. The van der Waals surface area contributed by atoms with E-state index in [1.807, 2.05) is 48.5 Å². The van der Waals surface area contributed by atoms with Gasteiger partial charge in [0.25, 0.3) is 0 Å². The van der Waals surface area contributed by atoms with Gasteiger partial charge in [-0.25, -0.2) is 19.3 Å². The number of rotatable bonds is 6. The first-order valence-corrected chi connectivity index (χ1v) is 13.3. The maximum atomic E-state index is 8.92. The SMILES string of the molecule is N#Cc1ccc(C(c2ccc(C#N)cc2)n2cncn2)cc1.N#Cc1ccc(C(c2ccc(C#N)cc2)n2cncn2)cc1. The lowest BCUT2D eigenvalue weighted by atomic mass is 9.97. The molecule has 0 aliphatic carbocycles. The van der Waals surface area contributed by atoms with E-state index in [4.69, 9.17) is 21.0 Å². The van der Waals surface area contributed by atoms with E-state index in [9.17, 15) is 0 Å². The van der Waals surface area contributed by atoms with Crippen LogP contribution in [0.15, 0.2) is 122 Å². The molecule has 0 aliphatic heterocycles. The molecule has 2 aromatic heterocycles. The van der Waals surface area contributed by atoms with E-state index < -0.39 is 0 Å². The van der Waals surface area contributed by atoms with Crippen LogP contribution in [0.2, 0.25) is 0 Å². The van der Waals surface area contributed by atoms with Gasteiger partial charge < -0.3 is 0 Å². The first-order valence-electron chi connectivity index (χ1n) is 13.3. The lowest BCUT2D eigenvalue weighted by molar-refractivity contribution is 0.594. The Hall–Kier alpha value is -6.88. The first-order chi connectivity index (χ1) is 21.6. The van der Waals surface area contributed by atoms with Gasteiger partial charge in [0.1, 0.15) is 37.4 Å². The highest BCUT2D eigenvalue weighted by Gasteiger charge is 2.18. The molecule has 0 atom stereocenters. The summed E-state index contributed by atoms with van der Waals surface area (Å²) >= 11 is 0. The normalized spacial score (nSPS) is 10.1. The Labute approximate surface area is 253 Å². The standard InChI is InChI=1S/2C17H11N5/c2*18-9-13-1-5-15(6-2-13)17(22-12-20-11-21-22)16-7-3-14(10-19)4-8-16/h2*1-8,11-12,17H. The van der Waals surface area contributed by atoms with E-state index in [1.165, 1.54) is 12.7 Å². The summed E-state index contributed by atoms with van der Waals surface area (Å²) in [6.45, 7) is 0. The van der Waals surface area contributed by atoms with Crippen LogP contribution in [0.1, 0.15) is 56.6 Å². The molecule has 44 heavy (non-hydrogen) atoms. The summed E-state index contributed by atoms with van der Waals surface area (Å²) in [6.07, 6.45) is 6.28. The highest BCUT2D eigenvalue weighted by molar-refractivity contribution is 5.41. The van der Waals surface area contributed by atoms with E-state index in [0.29, 0.717) is 22.3 Å². The second-order valence-electron chi connectivity index (χ2n) is 9.49. The van der Waals surface area contributed by atoms with Crippen molar-refractivity contribution in [3.63, 3.8) is 0 Å². The molecule has 10 heteroatoms. The predicted octanol–water partition coefficient (Wildman–Crippen LogP) is 5.32. The van der Waals surface area contributed by atoms with Crippen LogP contribution in [0.4, 0.5) is 0 Å². The van der Waals surface area contributed by atoms with Crippen molar-refractivity contribution in [3.05, 3.63) is 167 Å². The van der Waals surface area contributed by atoms with E-state index in [-0.39, 0.29) is 12.1 Å². The summed E-state index contributed by atoms with van der Waals surface area (Å²) < 4.78 is 3.51. The topological polar surface area (TPSA) is 157 Å². The molecule has 0 unspecified atom stereocenters. The summed E-state index contributed by atoms with van der Waals surface area (Å²) in [5.74, 6) is 0. The zero-order chi connectivity index (χ0) is 30.7. The molecular formula is C34H22N10. The third-order valence-corrected chi connectivity index (χ3v) is 6.82. The molecule has 2 heterocycles. The Bertz CT molecular complexity index is 1700. The number of nitriles is 4. The number of hydrogen-bond donors (Lipinski definition) is 0. The van der Waals surface area contributed by atoms with E-state index in [1.54, 1.807) is 70.5 Å². The second kappa shape index (κ2) is 13.7. The Kier molecular flexibility index (Phi) is 8.89. The molecule has 4 aromatic carbocycles. The minimum atomic E-state index is -0.150. The highest BCUT2D eigenvalue weighted by Crippen LogP contribution is 2.27. The third-order valence-electron chi connectivity index (χ3n) is 6.82. The molecule has 0 bridgehead atoms. The number of benzene rings is 4. The Balaban J connectivity index is 0.000000175. The van der Waals surface area contributed by atoms with E-state index in [2.05, 4.69) is 44.4 Å². The van der Waals surface area contributed by atoms with Crippen LogP contribution < -0.4 is 0 Å². The van der Waals surface area contributed by atoms with Gasteiger partial charge in [0.15, 0.2) is 0 Å². The van der Waals surface area contributed by atoms with Crippen molar-refractivity contribution in [2.24, 2.45) is 0 Å². The Morgan fingerprint density at radius 2 is 0.659 bits per heavy atom. The molecule has 0 saturated heterocycles. The molecule has 0 saturated carbocycles. The van der Waals surface area contributed by atoms with Crippen LogP contribution >= 0.6 is 0 Å². The number of hydrogen-bond acceptors (Lipinski definition) is 8. The fourth-order valence-electron chi connectivity index (χ4n) is 4.66. The predicted molar refractivity (Wildman–Crippen MR) is 159 cm³/mol. The lowest BCUT2D eigenvalue weighted by Crippen LogP contribution is -2.13. The smallest absolute Gasteiger partial charge is 0.137 e.